The SMILES string of the molecule is CCC1CC1(NC(=O)[C@@H]1C[C@@H]2CN1C(=O)[C@H](C1CCCCC1)NC(=O)OC[C@@H](C)CCCc1cc3c(nccc3cc1OC)O2)P(=O)(O)O. The van der Waals surface area contributed by atoms with Crippen LogP contribution in [0.4, 0.5) is 4.79 Å². The van der Waals surface area contributed by atoms with Gasteiger partial charge in [0, 0.05) is 18.0 Å². The Morgan fingerprint density at radius 1 is 1.18 bits per heavy atom. The number of fused-ring (bicyclic) bond motifs is 3. The van der Waals surface area contributed by atoms with E-state index in [-0.39, 0.29) is 43.7 Å². The summed E-state index contributed by atoms with van der Waals surface area (Å²) in [5.74, 6) is -0.435. The zero-order valence-electron chi connectivity index (χ0n) is 28.6. The van der Waals surface area contributed by atoms with Crippen LogP contribution in [-0.4, -0.2) is 81.3 Å². The lowest BCUT2D eigenvalue weighted by Gasteiger charge is -2.34. The molecule has 0 spiro atoms. The van der Waals surface area contributed by atoms with E-state index in [1.807, 2.05) is 32.0 Å². The van der Waals surface area contributed by atoms with Crippen molar-refractivity contribution in [1.29, 1.82) is 0 Å². The summed E-state index contributed by atoms with van der Waals surface area (Å²) in [6, 6.07) is 3.82. The predicted molar refractivity (Wildman–Crippen MR) is 181 cm³/mol. The summed E-state index contributed by atoms with van der Waals surface area (Å²) in [4.78, 5) is 68.3. The molecular weight excluding hydrogens is 651 g/mol. The highest BCUT2D eigenvalue weighted by Crippen LogP contribution is 2.67. The van der Waals surface area contributed by atoms with Crippen molar-refractivity contribution < 1.29 is 42.9 Å². The topological polar surface area (TPSA) is 177 Å². The van der Waals surface area contributed by atoms with Crippen LogP contribution in [0.5, 0.6) is 11.6 Å². The van der Waals surface area contributed by atoms with Crippen molar-refractivity contribution in [3.05, 3.63) is 30.0 Å². The van der Waals surface area contributed by atoms with Crippen LogP contribution in [0.1, 0.15) is 83.6 Å². The molecule has 3 fully saturated rings. The molecule has 4 N–H and O–H groups in total. The number of aromatic nitrogens is 1. The molecule has 4 bridgehead atoms. The Kier molecular flexibility index (Phi) is 10.4. The minimum atomic E-state index is -4.71. The molecule has 2 aromatic rings. The summed E-state index contributed by atoms with van der Waals surface area (Å²) in [6.07, 6.45) is 7.73. The number of nitrogens with one attached hydrogen (secondary N) is 2. The van der Waals surface area contributed by atoms with E-state index < -0.39 is 49.0 Å². The maximum atomic E-state index is 14.6. The number of methoxy groups -OCH3 is 1. The van der Waals surface area contributed by atoms with Gasteiger partial charge in [0.2, 0.25) is 17.7 Å². The number of alkyl carbamates (subject to hydrolysis) is 1. The molecule has 3 amide bonds. The number of carbonyl (C=O) groups is 3. The average molecular weight is 701 g/mol. The number of rotatable bonds is 6. The fourth-order valence-electron chi connectivity index (χ4n) is 8.05. The van der Waals surface area contributed by atoms with Gasteiger partial charge in [-0.3, -0.25) is 14.2 Å². The maximum absolute atomic E-state index is 14.6. The highest BCUT2D eigenvalue weighted by atomic mass is 31.2. The fraction of sp³-hybridized carbons (Fsp3) is 0.657. The van der Waals surface area contributed by atoms with Crippen LogP contribution < -0.4 is 20.1 Å². The predicted octanol–water partition coefficient (Wildman–Crippen LogP) is 4.66. The first-order chi connectivity index (χ1) is 23.4. The number of hydrogen-bond acceptors (Lipinski definition) is 8. The minimum Gasteiger partial charge on any atom is -0.496 e. The second-order valence-electron chi connectivity index (χ2n) is 14.4. The molecule has 13 nitrogen and oxygen atoms in total. The Morgan fingerprint density at radius 3 is 2.65 bits per heavy atom. The van der Waals surface area contributed by atoms with E-state index in [1.165, 1.54) is 4.90 Å². The second-order valence-corrected chi connectivity index (χ2v) is 16.3. The van der Waals surface area contributed by atoms with Gasteiger partial charge in [-0.25, -0.2) is 9.78 Å². The van der Waals surface area contributed by atoms with Crippen LogP contribution in [0.25, 0.3) is 10.8 Å². The molecule has 1 saturated heterocycles. The van der Waals surface area contributed by atoms with Gasteiger partial charge in [-0.05, 0) is 85.4 Å². The van der Waals surface area contributed by atoms with Gasteiger partial charge in [-0.1, -0.05) is 39.5 Å². The number of amides is 3. The number of benzene rings is 1. The number of hydrogen-bond donors (Lipinski definition) is 4. The monoisotopic (exact) mass is 700 g/mol. The molecule has 2 aliphatic carbocycles. The summed E-state index contributed by atoms with van der Waals surface area (Å²) in [6.45, 7) is 4.05. The minimum absolute atomic E-state index is 0.0229. The Hall–Kier alpha value is -3.41. The third-order valence-corrected chi connectivity index (χ3v) is 12.7. The lowest BCUT2D eigenvalue weighted by molar-refractivity contribution is -0.141. The average Bonchev–Trinajstić information content (AvgIpc) is 3.66. The van der Waals surface area contributed by atoms with Crippen LogP contribution >= 0.6 is 7.60 Å². The van der Waals surface area contributed by atoms with Gasteiger partial charge >= 0.3 is 13.7 Å². The molecule has 1 aromatic heterocycles. The van der Waals surface area contributed by atoms with Crippen LogP contribution in [-0.2, 0) is 25.3 Å². The van der Waals surface area contributed by atoms with Gasteiger partial charge < -0.3 is 39.5 Å². The van der Waals surface area contributed by atoms with Crippen molar-refractivity contribution >= 4 is 36.3 Å². The number of cyclic esters (lactones) is 1. The zero-order chi connectivity index (χ0) is 34.9. The molecule has 268 valence electrons. The summed E-state index contributed by atoms with van der Waals surface area (Å²) >= 11 is 0. The van der Waals surface area contributed by atoms with Gasteiger partial charge in [0.25, 0.3) is 0 Å². The molecule has 6 rings (SSSR count). The Morgan fingerprint density at radius 2 is 1.96 bits per heavy atom. The number of pyridine rings is 1. The summed E-state index contributed by atoms with van der Waals surface area (Å²) < 4.78 is 30.5. The first kappa shape index (κ1) is 35.4. The van der Waals surface area contributed by atoms with Gasteiger partial charge in [0.05, 0.1) is 20.3 Å². The highest BCUT2D eigenvalue weighted by molar-refractivity contribution is 7.54. The van der Waals surface area contributed by atoms with E-state index in [2.05, 4.69) is 15.6 Å². The lowest BCUT2D eigenvalue weighted by atomic mass is 9.83. The molecule has 2 aliphatic heterocycles. The second kappa shape index (κ2) is 14.4. The molecule has 49 heavy (non-hydrogen) atoms. The summed E-state index contributed by atoms with van der Waals surface area (Å²) in [5, 5.41) is 5.53. The van der Waals surface area contributed by atoms with Crippen LogP contribution in [0, 0.1) is 17.8 Å². The molecular formula is C35H49N4O9P. The van der Waals surface area contributed by atoms with E-state index in [0.29, 0.717) is 12.3 Å². The van der Waals surface area contributed by atoms with Crippen LogP contribution in [0.15, 0.2) is 24.4 Å². The zero-order valence-corrected chi connectivity index (χ0v) is 29.5. The van der Waals surface area contributed by atoms with E-state index >= 15 is 0 Å². The molecule has 2 unspecified atom stereocenters. The standard InChI is InChI=1S/C35H49N4O9P/c1-4-25-18-35(25,49(43,44)45)38-31(40)28-17-26-19-39(28)33(41)30(22-10-6-5-7-11-22)37-34(42)47-20-21(2)9-8-12-24-15-27-23(16-29(24)46-3)13-14-36-32(27)48-26/h13-16,21-22,25-26,28,30H,4-12,17-20H2,1-3H3,(H,37,42)(H,38,40)(H2,43,44,45)/t21-,25?,26+,28-,30-,35?/m0/s1. The molecule has 0 radical (unpaired) electrons. The van der Waals surface area contributed by atoms with Crippen molar-refractivity contribution in [3.63, 3.8) is 0 Å². The molecule has 4 aliphatic rings. The first-order valence-corrected chi connectivity index (χ1v) is 19.3. The number of ether oxygens (including phenoxy) is 3. The van der Waals surface area contributed by atoms with Crippen molar-refractivity contribution in [1.82, 2.24) is 20.5 Å². The normalized spacial score (nSPS) is 30.1. The molecule has 6 atom stereocenters. The summed E-state index contributed by atoms with van der Waals surface area (Å²) in [7, 11) is -3.08. The van der Waals surface area contributed by atoms with Crippen LogP contribution in [0.2, 0.25) is 0 Å². The molecule has 1 aromatic carbocycles. The van der Waals surface area contributed by atoms with Crippen molar-refractivity contribution in [2.75, 3.05) is 20.3 Å². The summed E-state index contributed by atoms with van der Waals surface area (Å²) in [5.41, 5.74) is 0.980. The largest absolute Gasteiger partial charge is 0.496 e. The van der Waals surface area contributed by atoms with Crippen molar-refractivity contribution in [3.8, 4) is 11.6 Å². The van der Waals surface area contributed by atoms with Gasteiger partial charge in [-0.2, -0.15) is 0 Å². The third kappa shape index (κ3) is 7.39. The lowest BCUT2D eigenvalue weighted by Crippen LogP contribution is -2.57. The Bertz CT molecular complexity index is 1610. The third-order valence-electron chi connectivity index (χ3n) is 11.0. The van der Waals surface area contributed by atoms with Gasteiger partial charge in [0.15, 0.2) is 0 Å². The van der Waals surface area contributed by atoms with E-state index in [4.69, 9.17) is 14.2 Å². The molecule has 2 saturated carbocycles. The van der Waals surface area contributed by atoms with Gasteiger partial charge in [0.1, 0.15) is 29.2 Å². The highest BCUT2D eigenvalue weighted by Gasteiger charge is 2.66. The van der Waals surface area contributed by atoms with Gasteiger partial charge in [-0.15, -0.1) is 0 Å². The Labute approximate surface area is 287 Å². The van der Waals surface area contributed by atoms with Crippen molar-refractivity contribution in [2.45, 2.75) is 108 Å². The smallest absolute Gasteiger partial charge is 0.407 e. The first-order valence-electron chi connectivity index (χ1n) is 17.7. The molecule has 3 heterocycles. The van der Waals surface area contributed by atoms with E-state index in [9.17, 15) is 28.7 Å². The number of nitrogens with zero attached hydrogens (tertiary/aromatic N) is 2. The maximum Gasteiger partial charge on any atom is 0.407 e. The fourth-order valence-corrected chi connectivity index (χ4v) is 9.42. The molecule has 14 heteroatoms. The number of carbonyl (C=O) groups excluding carboxylic acids is 3. The van der Waals surface area contributed by atoms with E-state index in [0.717, 1.165) is 73.5 Å². The Balaban J connectivity index is 1.37. The van der Waals surface area contributed by atoms with Crippen molar-refractivity contribution in [2.24, 2.45) is 17.8 Å². The number of aryl methyl sites for hydroxylation is 1. The van der Waals surface area contributed by atoms with E-state index in [1.54, 1.807) is 13.3 Å². The van der Waals surface area contributed by atoms with Crippen LogP contribution in [0.3, 0.4) is 0 Å². The quantitative estimate of drug-likeness (QED) is 0.310.